The number of hydrogen-bond donors (Lipinski definition) is 0. The molecule has 0 rings (SSSR count). The van der Waals surface area contributed by atoms with E-state index in [-0.39, 0.29) is 22.5 Å². The van der Waals surface area contributed by atoms with E-state index in [2.05, 4.69) is 41.5 Å². The summed E-state index contributed by atoms with van der Waals surface area (Å²) in [5, 5.41) is 0. The lowest BCUT2D eigenvalue weighted by atomic mass is 9.68. The highest BCUT2D eigenvalue weighted by Gasteiger charge is 2.36. The van der Waals surface area contributed by atoms with E-state index in [0.29, 0.717) is 0 Å². The maximum Gasteiger partial charge on any atom is 0.147 e. The second-order valence-electron chi connectivity index (χ2n) is 6.38. The predicted molar refractivity (Wildman–Crippen MR) is 62.1 cm³/mol. The van der Waals surface area contributed by atoms with Gasteiger partial charge in [-0.1, -0.05) is 41.5 Å². The van der Waals surface area contributed by atoms with E-state index in [0.717, 1.165) is 0 Å². The van der Waals surface area contributed by atoms with Crippen LogP contribution in [0.1, 0.15) is 41.5 Å². The van der Waals surface area contributed by atoms with E-state index >= 15 is 0 Å². The van der Waals surface area contributed by atoms with Crippen LogP contribution in [-0.2, 0) is 9.84 Å². The van der Waals surface area contributed by atoms with Crippen LogP contribution in [-0.4, -0.2) is 20.4 Å². The summed E-state index contributed by atoms with van der Waals surface area (Å²) in [7, 11) is -2.89. The lowest BCUT2D eigenvalue weighted by Crippen LogP contribution is -2.37. The van der Waals surface area contributed by atoms with Crippen molar-refractivity contribution in [3.63, 3.8) is 0 Å². The largest absolute Gasteiger partial charge is 0.229 e. The summed E-state index contributed by atoms with van der Waals surface area (Å²) in [6, 6.07) is 0. The molecule has 0 fully saturated rings. The van der Waals surface area contributed by atoms with Crippen molar-refractivity contribution in [1.29, 1.82) is 0 Å². The highest BCUT2D eigenvalue weighted by atomic mass is 32.2. The summed E-state index contributed by atoms with van der Waals surface area (Å²) in [4.78, 5) is 0. The third-order valence-corrected chi connectivity index (χ3v) is 3.50. The maximum absolute atomic E-state index is 11.3. The van der Waals surface area contributed by atoms with Gasteiger partial charge < -0.3 is 0 Å². The fraction of sp³-hybridized carbons (Fsp3) is 1.00. The summed E-state index contributed by atoms with van der Waals surface area (Å²) in [5.74, 6) is 0.463. The van der Waals surface area contributed by atoms with E-state index in [1.54, 1.807) is 0 Å². The van der Waals surface area contributed by atoms with Gasteiger partial charge in [0.1, 0.15) is 9.84 Å². The normalized spacial score (nSPS) is 14.9. The minimum absolute atomic E-state index is 0.0291. The van der Waals surface area contributed by atoms with E-state index in [4.69, 9.17) is 0 Å². The average Bonchev–Trinajstić information content (AvgIpc) is 1.75. The molecule has 0 saturated heterocycles. The molecule has 0 aromatic carbocycles. The summed E-state index contributed by atoms with van der Waals surface area (Å²) in [6.07, 6.45) is 1.32. The molecule has 0 saturated carbocycles. The molecule has 0 radical (unpaired) electrons. The van der Waals surface area contributed by atoms with E-state index in [1.165, 1.54) is 6.26 Å². The third-order valence-electron chi connectivity index (χ3n) is 2.56. The molecule has 0 N–H and O–H groups in total. The smallest absolute Gasteiger partial charge is 0.147 e. The van der Waals surface area contributed by atoms with Crippen LogP contribution in [0.2, 0.25) is 0 Å². The SMILES string of the molecule is CC(C)(C)C(CS(C)(=O)=O)C(C)(C)C. The Morgan fingerprint density at radius 1 is 0.929 bits per heavy atom. The molecule has 0 aliphatic rings. The third kappa shape index (κ3) is 4.99. The summed E-state index contributed by atoms with van der Waals surface area (Å²) in [5.41, 5.74) is 0.0582. The van der Waals surface area contributed by atoms with E-state index < -0.39 is 9.84 Å². The van der Waals surface area contributed by atoms with Crippen LogP contribution in [0.25, 0.3) is 0 Å². The van der Waals surface area contributed by atoms with E-state index in [9.17, 15) is 8.42 Å². The van der Waals surface area contributed by atoms with Gasteiger partial charge in [0.25, 0.3) is 0 Å². The Balaban J connectivity index is 4.97. The minimum atomic E-state index is -2.89. The van der Waals surface area contributed by atoms with Crippen molar-refractivity contribution in [3.05, 3.63) is 0 Å². The second kappa shape index (κ2) is 3.84. The molecule has 0 bridgehead atoms. The van der Waals surface area contributed by atoms with Crippen LogP contribution >= 0.6 is 0 Å². The van der Waals surface area contributed by atoms with Crippen molar-refractivity contribution in [2.45, 2.75) is 41.5 Å². The Kier molecular flexibility index (Phi) is 3.82. The Morgan fingerprint density at radius 2 is 1.21 bits per heavy atom. The summed E-state index contributed by atoms with van der Waals surface area (Å²) < 4.78 is 22.7. The van der Waals surface area contributed by atoms with Gasteiger partial charge in [0.05, 0.1) is 5.75 Å². The topological polar surface area (TPSA) is 34.1 Å². The molecule has 0 unspecified atom stereocenters. The zero-order chi connectivity index (χ0) is 11.8. The Bertz CT molecular complexity index is 261. The molecule has 0 aliphatic heterocycles. The van der Waals surface area contributed by atoms with E-state index in [1.807, 2.05) is 0 Å². The highest BCUT2D eigenvalue weighted by Crippen LogP contribution is 2.40. The van der Waals surface area contributed by atoms with Crippen molar-refractivity contribution in [1.82, 2.24) is 0 Å². The first-order valence-corrected chi connectivity index (χ1v) is 7.08. The summed E-state index contributed by atoms with van der Waals surface area (Å²) >= 11 is 0. The molecule has 0 spiro atoms. The van der Waals surface area contributed by atoms with Gasteiger partial charge in [0.15, 0.2) is 0 Å². The van der Waals surface area contributed by atoms with Gasteiger partial charge in [-0.05, 0) is 16.7 Å². The van der Waals surface area contributed by atoms with Crippen LogP contribution in [0.5, 0.6) is 0 Å². The molecule has 0 aliphatic carbocycles. The van der Waals surface area contributed by atoms with Crippen LogP contribution < -0.4 is 0 Å². The first-order chi connectivity index (χ1) is 5.84. The lowest BCUT2D eigenvalue weighted by molar-refractivity contribution is 0.123. The van der Waals surface area contributed by atoms with Gasteiger partial charge in [-0.15, -0.1) is 0 Å². The van der Waals surface area contributed by atoms with Crippen molar-refractivity contribution in [2.75, 3.05) is 12.0 Å². The van der Waals surface area contributed by atoms with Crippen molar-refractivity contribution in [3.8, 4) is 0 Å². The first kappa shape index (κ1) is 13.9. The minimum Gasteiger partial charge on any atom is -0.229 e. The molecule has 0 aromatic rings. The van der Waals surface area contributed by atoms with Crippen LogP contribution in [0, 0.1) is 16.7 Å². The van der Waals surface area contributed by atoms with Crippen molar-refractivity contribution in [2.24, 2.45) is 16.7 Å². The molecule has 86 valence electrons. The summed E-state index contributed by atoms with van der Waals surface area (Å²) in [6.45, 7) is 12.6. The number of rotatable bonds is 2. The van der Waals surface area contributed by atoms with Crippen molar-refractivity contribution >= 4 is 9.84 Å². The van der Waals surface area contributed by atoms with Gasteiger partial charge in [-0.25, -0.2) is 8.42 Å². The predicted octanol–water partition coefficient (Wildman–Crippen LogP) is 2.74. The monoisotopic (exact) mass is 220 g/mol. The first-order valence-electron chi connectivity index (χ1n) is 5.02. The van der Waals surface area contributed by atoms with Crippen molar-refractivity contribution < 1.29 is 8.42 Å². The molecule has 14 heavy (non-hydrogen) atoms. The molecule has 0 aromatic heterocycles. The number of hydrogen-bond acceptors (Lipinski definition) is 2. The molecule has 3 heteroatoms. The van der Waals surface area contributed by atoms with Crippen LogP contribution in [0.15, 0.2) is 0 Å². The van der Waals surface area contributed by atoms with Gasteiger partial charge in [-0.3, -0.25) is 0 Å². The Morgan fingerprint density at radius 3 is 1.29 bits per heavy atom. The quantitative estimate of drug-likeness (QED) is 0.717. The van der Waals surface area contributed by atoms with Gasteiger partial charge in [0.2, 0.25) is 0 Å². The average molecular weight is 220 g/mol. The zero-order valence-corrected chi connectivity index (χ0v) is 11.3. The van der Waals surface area contributed by atoms with Gasteiger partial charge >= 0.3 is 0 Å². The Hall–Kier alpha value is -0.0500. The molecule has 0 atom stereocenters. The molecular formula is C11H24O2S. The van der Waals surface area contributed by atoms with Gasteiger partial charge in [0, 0.05) is 6.26 Å². The molecule has 0 amide bonds. The molecule has 2 nitrogen and oxygen atoms in total. The standard InChI is InChI=1S/C11H24O2S/c1-10(2,3)9(11(4,5)6)8-14(7,12)13/h9H,8H2,1-7H3. The fourth-order valence-corrected chi connectivity index (χ4v) is 3.71. The maximum atomic E-state index is 11.3. The fourth-order valence-electron chi connectivity index (χ4n) is 2.10. The molecule has 0 heterocycles. The lowest BCUT2D eigenvalue weighted by Gasteiger charge is -2.40. The van der Waals surface area contributed by atoms with Gasteiger partial charge in [-0.2, -0.15) is 0 Å². The number of sulfone groups is 1. The van der Waals surface area contributed by atoms with Crippen LogP contribution in [0.4, 0.5) is 0 Å². The second-order valence-corrected chi connectivity index (χ2v) is 8.56. The zero-order valence-electron chi connectivity index (χ0n) is 10.5. The molecular weight excluding hydrogens is 196 g/mol. The Labute approximate surface area is 89.0 Å². The van der Waals surface area contributed by atoms with Crippen LogP contribution in [0.3, 0.4) is 0 Å². The highest BCUT2D eigenvalue weighted by molar-refractivity contribution is 7.90.